The van der Waals surface area contributed by atoms with Crippen molar-refractivity contribution < 1.29 is 4.42 Å². The molecule has 12 nitrogen and oxygen atoms in total. The number of nitrogens with zero attached hydrogens (tertiary/aromatic N) is 11. The number of imidazole rings is 2. The second-order valence-corrected chi connectivity index (χ2v) is 24.9. The topological polar surface area (TPSA) is 123 Å². The Kier molecular flexibility index (Phi) is 11.2. The molecule has 0 aliphatic rings. The normalized spacial score (nSPS) is 12.1. The number of rotatable bonds is 8. The number of hydrogen-bond acceptors (Lipinski definition) is 8. The van der Waals surface area contributed by atoms with Gasteiger partial charge in [-0.2, -0.15) is 9.97 Å². The van der Waals surface area contributed by atoms with Gasteiger partial charge in [0.05, 0.1) is 55.3 Å². The molecule has 0 radical (unpaired) electrons. The molecule has 0 saturated heterocycles. The first-order valence-corrected chi connectivity index (χ1v) is 32.4. The van der Waals surface area contributed by atoms with E-state index >= 15 is 0 Å². The van der Waals surface area contributed by atoms with Crippen molar-refractivity contribution in [2.24, 2.45) is 0 Å². The highest BCUT2D eigenvalue weighted by molar-refractivity contribution is 6.28. The van der Waals surface area contributed by atoms with Gasteiger partial charge in [-0.25, -0.2) is 24.9 Å². The van der Waals surface area contributed by atoms with Crippen molar-refractivity contribution >= 4 is 131 Å². The standard InChI is InChI=1S/C85H49N11O/c1-4-17-52(18-5-1)82-90-83(53-19-6-2-7-20-53)92-85(91-82)96-70-30-15-12-25-66(70)77-60-40-45-74-80(62(60)41-43-72(77)96)87-49-94(74)55-35-46-75-67(47-55)63-27-16-26-56(81(63)97-75)50-31-33-51(34-32-50)78-64-23-10-13-28-68(64)88-84(89-78)95-69-29-14-11-24-65(69)76-59-36-37-61-58(57(59)38-42-71(76)95)39-44-73-79(61)86-48-93(73)54-21-8-3-9-22-54/h1-49H. The lowest BCUT2D eigenvalue weighted by Gasteiger charge is -2.12. The van der Waals surface area contributed by atoms with Crippen LogP contribution < -0.4 is 0 Å². The van der Waals surface area contributed by atoms with Gasteiger partial charge >= 0.3 is 0 Å². The van der Waals surface area contributed by atoms with Crippen LogP contribution in [0.3, 0.4) is 0 Å². The van der Waals surface area contributed by atoms with Gasteiger partial charge in [-0.3, -0.25) is 18.3 Å². The Morgan fingerprint density at radius 1 is 0.278 bits per heavy atom. The van der Waals surface area contributed by atoms with Gasteiger partial charge in [0, 0.05) is 82.1 Å². The summed E-state index contributed by atoms with van der Waals surface area (Å²) in [6.45, 7) is 0. The summed E-state index contributed by atoms with van der Waals surface area (Å²) in [4.78, 5) is 36.3. The van der Waals surface area contributed by atoms with Gasteiger partial charge in [0.15, 0.2) is 11.6 Å². The summed E-state index contributed by atoms with van der Waals surface area (Å²) in [5.74, 6) is 2.37. The maximum atomic E-state index is 6.84. The first-order chi connectivity index (χ1) is 48.1. The average Bonchev–Trinajstić information content (AvgIpc) is 1.59. The Morgan fingerprint density at radius 3 is 1.44 bits per heavy atom. The van der Waals surface area contributed by atoms with E-state index in [1.165, 1.54) is 5.39 Å². The molecule has 0 atom stereocenters. The molecule has 0 fully saturated rings. The average molecular weight is 1240 g/mol. The Bertz CT molecular complexity index is 6810. The Morgan fingerprint density at radius 2 is 0.773 bits per heavy atom. The largest absolute Gasteiger partial charge is 0.455 e. The smallest absolute Gasteiger partial charge is 0.238 e. The zero-order valence-corrected chi connectivity index (χ0v) is 51.6. The fourth-order valence-corrected chi connectivity index (χ4v) is 15.2. The summed E-state index contributed by atoms with van der Waals surface area (Å²) in [6.07, 6.45) is 3.86. The summed E-state index contributed by atoms with van der Waals surface area (Å²) < 4.78 is 15.6. The molecule has 0 N–H and O–H groups in total. The maximum Gasteiger partial charge on any atom is 0.238 e. The van der Waals surface area contributed by atoms with E-state index in [9.17, 15) is 0 Å². The van der Waals surface area contributed by atoms with E-state index in [1.54, 1.807) is 0 Å². The van der Waals surface area contributed by atoms with Crippen molar-refractivity contribution in [1.82, 2.24) is 53.2 Å². The van der Waals surface area contributed by atoms with Crippen LogP contribution in [-0.4, -0.2) is 53.2 Å². The van der Waals surface area contributed by atoms with Crippen LogP contribution in [0.15, 0.2) is 302 Å². The monoisotopic (exact) mass is 1240 g/mol. The molecule has 97 heavy (non-hydrogen) atoms. The third-order valence-corrected chi connectivity index (χ3v) is 19.6. The van der Waals surface area contributed by atoms with Crippen LogP contribution in [0.5, 0.6) is 0 Å². The van der Waals surface area contributed by atoms with E-state index in [4.69, 9.17) is 39.3 Å². The molecule has 0 aliphatic carbocycles. The van der Waals surface area contributed by atoms with Crippen molar-refractivity contribution in [3.8, 4) is 68.4 Å². The summed E-state index contributed by atoms with van der Waals surface area (Å²) >= 11 is 0. The van der Waals surface area contributed by atoms with Crippen molar-refractivity contribution in [3.05, 3.63) is 298 Å². The number of hydrogen-bond donors (Lipinski definition) is 0. The number of furan rings is 1. The van der Waals surface area contributed by atoms with Gasteiger partial charge in [0.2, 0.25) is 11.9 Å². The number of para-hydroxylation sites is 5. The molecule has 450 valence electrons. The minimum Gasteiger partial charge on any atom is -0.455 e. The van der Waals surface area contributed by atoms with Crippen molar-refractivity contribution in [3.63, 3.8) is 0 Å². The van der Waals surface area contributed by atoms with Gasteiger partial charge in [-0.1, -0.05) is 206 Å². The van der Waals surface area contributed by atoms with Gasteiger partial charge in [-0.15, -0.1) is 0 Å². The van der Waals surface area contributed by atoms with Crippen LogP contribution >= 0.6 is 0 Å². The zero-order valence-electron chi connectivity index (χ0n) is 51.6. The highest BCUT2D eigenvalue weighted by Crippen LogP contribution is 2.44. The lowest BCUT2D eigenvalue weighted by molar-refractivity contribution is 0.670. The fraction of sp³-hybridized carbons (Fsp3) is 0. The van der Waals surface area contributed by atoms with Crippen LogP contribution in [0, 0.1) is 0 Å². The molecule has 7 heterocycles. The molecule has 0 unspecified atom stereocenters. The number of aromatic nitrogens is 11. The molecule has 0 spiro atoms. The van der Waals surface area contributed by atoms with E-state index in [2.05, 4.69) is 231 Å². The third kappa shape index (κ3) is 7.95. The van der Waals surface area contributed by atoms with E-state index < -0.39 is 0 Å². The highest BCUT2D eigenvalue weighted by Gasteiger charge is 2.24. The molecule has 0 saturated carbocycles. The highest BCUT2D eigenvalue weighted by atomic mass is 16.3. The zero-order chi connectivity index (χ0) is 63.4. The van der Waals surface area contributed by atoms with Crippen LogP contribution in [0.1, 0.15) is 0 Å². The summed E-state index contributed by atoms with van der Waals surface area (Å²) in [5.41, 5.74) is 18.3. The lowest BCUT2D eigenvalue weighted by Crippen LogP contribution is -2.06. The summed E-state index contributed by atoms with van der Waals surface area (Å²) in [5, 5.41) is 14.3. The Balaban J connectivity index is 0.632. The summed E-state index contributed by atoms with van der Waals surface area (Å²) in [6, 6.07) is 99.8. The molecule has 21 rings (SSSR count). The molecule has 0 amide bonds. The predicted molar refractivity (Wildman–Crippen MR) is 392 cm³/mol. The van der Waals surface area contributed by atoms with Crippen molar-refractivity contribution in [1.29, 1.82) is 0 Å². The minimum absolute atomic E-state index is 0.551. The maximum absolute atomic E-state index is 6.84. The Labute approximate surface area is 551 Å². The Hall–Kier alpha value is -13.5. The van der Waals surface area contributed by atoms with Gasteiger partial charge in [0.1, 0.15) is 23.8 Å². The summed E-state index contributed by atoms with van der Waals surface area (Å²) in [7, 11) is 0. The molecule has 21 aromatic rings. The lowest BCUT2D eigenvalue weighted by atomic mass is 9.97. The van der Waals surface area contributed by atoms with Gasteiger partial charge in [-0.05, 0) is 106 Å². The quantitative estimate of drug-likeness (QED) is 0.138. The van der Waals surface area contributed by atoms with Crippen LogP contribution in [0.4, 0.5) is 0 Å². The molecular formula is C85H49N11O. The fourth-order valence-electron chi connectivity index (χ4n) is 15.2. The van der Waals surface area contributed by atoms with E-state index in [0.29, 0.717) is 23.5 Å². The molecule has 7 aromatic heterocycles. The van der Waals surface area contributed by atoms with Crippen LogP contribution in [-0.2, 0) is 0 Å². The van der Waals surface area contributed by atoms with Crippen molar-refractivity contribution in [2.45, 2.75) is 0 Å². The second-order valence-electron chi connectivity index (χ2n) is 24.9. The SMILES string of the molecule is c1ccc(-c2nc(-c3ccccc3)nc(-n3c4ccccc4c4c5ccc6c(ncn6-c6ccc7oc8c(-c9ccc(-c%10nc(-n%11c%12ccccc%12c%12c%13ccc%14c(ccc%15c%14ncn%15-c%14ccccc%14)c%13ccc%12%11)nc%11ccccc%10%11)cc9)cccc8c7c6)c5ccc43)n2)cc1. The minimum atomic E-state index is 0.551. The molecular weight excluding hydrogens is 1190 g/mol. The first kappa shape index (κ1) is 53.1. The van der Waals surface area contributed by atoms with E-state index in [1.807, 2.05) is 85.5 Å². The molecule has 0 bridgehead atoms. The van der Waals surface area contributed by atoms with Crippen LogP contribution in [0.2, 0.25) is 0 Å². The number of benzene rings is 14. The number of fused-ring (bicyclic) bond motifs is 20. The van der Waals surface area contributed by atoms with Gasteiger partial charge in [0.25, 0.3) is 0 Å². The van der Waals surface area contributed by atoms with Gasteiger partial charge < -0.3 is 4.42 Å². The first-order valence-electron chi connectivity index (χ1n) is 32.4. The third-order valence-electron chi connectivity index (χ3n) is 19.6. The van der Waals surface area contributed by atoms with Crippen LogP contribution in [0.25, 0.3) is 199 Å². The van der Waals surface area contributed by atoms with Crippen molar-refractivity contribution in [2.75, 3.05) is 0 Å². The van der Waals surface area contributed by atoms with E-state index in [0.717, 1.165) is 170 Å². The molecule has 0 aliphatic heterocycles. The predicted octanol–water partition coefficient (Wildman–Crippen LogP) is 20.7. The van der Waals surface area contributed by atoms with E-state index in [-0.39, 0.29) is 0 Å². The molecule has 12 heteroatoms. The molecule has 14 aromatic carbocycles. The second kappa shape index (κ2) is 20.5.